The number of ether oxygens (including phenoxy) is 3. The third-order valence-electron chi connectivity index (χ3n) is 8.28. The van der Waals surface area contributed by atoms with Gasteiger partial charge in [0, 0.05) is 26.6 Å². The molecular weight excluding hydrogens is 588 g/mol. The van der Waals surface area contributed by atoms with E-state index in [1.807, 2.05) is 60.7 Å². The van der Waals surface area contributed by atoms with Gasteiger partial charge in [-0.2, -0.15) is 0 Å². The highest BCUT2D eigenvalue weighted by Gasteiger charge is 2.34. The van der Waals surface area contributed by atoms with Crippen molar-refractivity contribution in [2.45, 2.75) is 38.0 Å². The fraction of sp³-hybridized carbons (Fsp3) is 0.324. The second-order valence-corrected chi connectivity index (χ2v) is 11.4. The molecular formula is C34H36N6O6. The number of hydrogen-bond acceptors (Lipinski definition) is 8. The number of aromatic nitrogens is 3. The standard InChI is InChI=1S/C34H36N6O6/c1-38-19-32(41)37-27-14-15-39(34(43)26-8-3-4-9-28(26)40-21-35-36-22-40)18-31(27)45-20-24-6-5-7-25(16-24)46-29-12-10-23(11-13-33(38)42)17-30(29)44-2/h3-10,12,16-17,21-22,27,31H,11,13-15,18-20H2,1-2H3,(H,37,41)/t27-,31-/m0/s1. The number of rotatable bonds is 3. The third kappa shape index (κ3) is 7.02. The minimum Gasteiger partial charge on any atom is -0.493 e. The van der Waals surface area contributed by atoms with Gasteiger partial charge in [-0.3, -0.25) is 19.0 Å². The minimum absolute atomic E-state index is 0.0881. The molecule has 4 aromatic rings. The number of aryl methyl sites for hydroxylation is 1. The lowest BCUT2D eigenvalue weighted by atomic mass is 10.00. The summed E-state index contributed by atoms with van der Waals surface area (Å²) in [4.78, 5) is 43.1. The highest BCUT2D eigenvalue weighted by Crippen LogP contribution is 2.33. The number of likely N-dealkylation sites (tertiary alicyclic amines) is 1. The van der Waals surface area contributed by atoms with E-state index < -0.39 is 6.10 Å². The van der Waals surface area contributed by atoms with Gasteiger partial charge in [0.2, 0.25) is 11.8 Å². The molecule has 238 valence electrons. The number of benzene rings is 3. The SMILES string of the molecule is COc1cc2ccc1Oc1cccc(c1)CO[C@H]1CN(C(=O)c3ccccc3-n3cnnc3)CC[C@@H]1NC(=O)CN(C)C(=O)CC2. The van der Waals surface area contributed by atoms with E-state index in [4.69, 9.17) is 14.2 Å². The Kier molecular flexibility index (Phi) is 9.25. The monoisotopic (exact) mass is 624 g/mol. The van der Waals surface area contributed by atoms with Crippen LogP contribution in [0.4, 0.5) is 0 Å². The quantitative estimate of drug-likeness (QED) is 0.368. The number of nitrogens with zero attached hydrogens (tertiary/aromatic N) is 5. The van der Waals surface area contributed by atoms with E-state index in [0.717, 1.165) is 11.1 Å². The second kappa shape index (κ2) is 13.8. The molecule has 46 heavy (non-hydrogen) atoms. The van der Waals surface area contributed by atoms with Crippen molar-refractivity contribution in [3.05, 3.63) is 96.1 Å². The van der Waals surface area contributed by atoms with E-state index >= 15 is 0 Å². The lowest BCUT2D eigenvalue weighted by Crippen LogP contribution is -2.57. The van der Waals surface area contributed by atoms with E-state index in [2.05, 4.69) is 15.5 Å². The Morgan fingerprint density at radius 2 is 1.80 bits per heavy atom. The Morgan fingerprint density at radius 3 is 2.63 bits per heavy atom. The van der Waals surface area contributed by atoms with Gasteiger partial charge in [0.25, 0.3) is 5.91 Å². The molecule has 4 heterocycles. The van der Waals surface area contributed by atoms with Gasteiger partial charge in [-0.15, -0.1) is 10.2 Å². The van der Waals surface area contributed by atoms with Crippen LogP contribution in [0.5, 0.6) is 17.2 Å². The van der Waals surface area contributed by atoms with E-state index in [9.17, 15) is 14.4 Å². The second-order valence-electron chi connectivity index (χ2n) is 11.4. The highest BCUT2D eigenvalue weighted by atomic mass is 16.5. The number of amides is 3. The molecule has 12 nitrogen and oxygen atoms in total. The Balaban J connectivity index is 1.26. The predicted octanol–water partition coefficient (Wildman–Crippen LogP) is 3.39. The van der Waals surface area contributed by atoms with Crippen molar-refractivity contribution in [2.24, 2.45) is 0 Å². The van der Waals surface area contributed by atoms with Crippen molar-refractivity contribution in [2.75, 3.05) is 33.8 Å². The molecule has 4 bridgehead atoms. The fourth-order valence-electron chi connectivity index (χ4n) is 5.79. The Bertz CT molecular complexity index is 1710. The van der Waals surface area contributed by atoms with E-state index in [0.29, 0.717) is 47.9 Å². The van der Waals surface area contributed by atoms with Crippen LogP contribution < -0.4 is 14.8 Å². The molecule has 0 spiro atoms. The Hall–Kier alpha value is -5.23. The van der Waals surface area contributed by atoms with Gasteiger partial charge in [-0.1, -0.05) is 30.3 Å². The maximum Gasteiger partial charge on any atom is 0.256 e. The number of hydrogen-bond donors (Lipinski definition) is 1. The Morgan fingerprint density at radius 1 is 0.978 bits per heavy atom. The first-order chi connectivity index (χ1) is 22.4. The van der Waals surface area contributed by atoms with Gasteiger partial charge in [0.15, 0.2) is 11.5 Å². The van der Waals surface area contributed by atoms with Crippen LogP contribution in [-0.2, 0) is 27.4 Å². The molecule has 1 fully saturated rings. The molecule has 0 radical (unpaired) electrons. The van der Waals surface area contributed by atoms with Gasteiger partial charge < -0.3 is 29.3 Å². The van der Waals surface area contributed by atoms with Crippen LogP contribution >= 0.6 is 0 Å². The molecule has 3 aliphatic heterocycles. The summed E-state index contributed by atoms with van der Waals surface area (Å²) in [7, 11) is 3.20. The minimum atomic E-state index is -0.510. The molecule has 0 unspecified atom stereocenters. The van der Waals surface area contributed by atoms with E-state index in [-0.39, 0.29) is 49.9 Å². The molecule has 1 N–H and O–H groups in total. The fourth-order valence-corrected chi connectivity index (χ4v) is 5.79. The van der Waals surface area contributed by atoms with Gasteiger partial charge in [-0.25, -0.2) is 0 Å². The van der Waals surface area contributed by atoms with Crippen molar-refractivity contribution in [3.8, 4) is 22.9 Å². The number of methoxy groups -OCH3 is 1. The number of fused-ring (bicyclic) bond motifs is 9. The molecule has 0 saturated carbocycles. The number of nitrogens with one attached hydrogen (secondary N) is 1. The maximum absolute atomic E-state index is 13.9. The molecule has 3 amide bonds. The zero-order valence-corrected chi connectivity index (χ0v) is 25.8. The van der Waals surface area contributed by atoms with Crippen LogP contribution in [0.15, 0.2) is 79.4 Å². The highest BCUT2D eigenvalue weighted by molar-refractivity contribution is 5.98. The van der Waals surface area contributed by atoms with Crippen LogP contribution in [0, 0.1) is 0 Å². The molecule has 3 aliphatic rings. The lowest BCUT2D eigenvalue weighted by molar-refractivity contribution is -0.135. The summed E-state index contributed by atoms with van der Waals surface area (Å²) in [6.45, 7) is 0.809. The Labute approximate surface area is 266 Å². The van der Waals surface area contributed by atoms with Gasteiger partial charge >= 0.3 is 0 Å². The maximum atomic E-state index is 13.9. The predicted molar refractivity (Wildman–Crippen MR) is 168 cm³/mol. The summed E-state index contributed by atoms with van der Waals surface area (Å²) in [6.07, 6.45) is 3.79. The molecule has 1 saturated heterocycles. The number of piperidine rings is 1. The molecule has 12 heteroatoms. The van der Waals surface area contributed by atoms with Crippen molar-refractivity contribution < 1.29 is 28.6 Å². The van der Waals surface area contributed by atoms with Gasteiger partial charge in [0.05, 0.1) is 43.7 Å². The average molecular weight is 625 g/mol. The summed E-state index contributed by atoms with van der Waals surface area (Å²) in [5.74, 6) is 1.12. The number of likely N-dealkylation sites (N-methyl/N-ethyl adjacent to an activating group) is 1. The number of carbonyl (C=O) groups is 3. The van der Waals surface area contributed by atoms with Crippen molar-refractivity contribution in [1.29, 1.82) is 0 Å². The first kappa shape index (κ1) is 30.8. The van der Waals surface area contributed by atoms with Crippen LogP contribution in [0.25, 0.3) is 5.69 Å². The summed E-state index contributed by atoms with van der Waals surface area (Å²) in [6, 6.07) is 20.1. The van der Waals surface area contributed by atoms with Crippen LogP contribution in [0.2, 0.25) is 0 Å². The average Bonchev–Trinajstić information content (AvgIpc) is 3.62. The molecule has 3 aromatic carbocycles. The van der Waals surface area contributed by atoms with E-state index in [1.54, 1.807) is 42.3 Å². The van der Waals surface area contributed by atoms with Gasteiger partial charge in [-0.05, 0) is 60.4 Å². The summed E-state index contributed by atoms with van der Waals surface area (Å²) in [5, 5.41) is 10.8. The largest absolute Gasteiger partial charge is 0.493 e. The summed E-state index contributed by atoms with van der Waals surface area (Å²) >= 11 is 0. The van der Waals surface area contributed by atoms with Crippen LogP contribution in [0.1, 0.15) is 34.3 Å². The van der Waals surface area contributed by atoms with Crippen LogP contribution in [-0.4, -0.2) is 88.2 Å². The molecule has 1 aromatic heterocycles. The molecule has 7 rings (SSSR count). The van der Waals surface area contributed by atoms with E-state index in [1.165, 1.54) is 4.90 Å². The first-order valence-corrected chi connectivity index (χ1v) is 15.2. The first-order valence-electron chi connectivity index (χ1n) is 15.2. The molecule has 0 aliphatic carbocycles. The summed E-state index contributed by atoms with van der Waals surface area (Å²) < 4.78 is 19.9. The van der Waals surface area contributed by atoms with Crippen molar-refractivity contribution >= 4 is 17.7 Å². The normalized spacial score (nSPS) is 19.3. The van der Waals surface area contributed by atoms with Crippen molar-refractivity contribution in [3.63, 3.8) is 0 Å². The smallest absolute Gasteiger partial charge is 0.256 e. The number of para-hydroxylation sites is 1. The van der Waals surface area contributed by atoms with Gasteiger partial charge in [0.1, 0.15) is 18.4 Å². The van der Waals surface area contributed by atoms with Crippen molar-refractivity contribution in [1.82, 2.24) is 29.9 Å². The van der Waals surface area contributed by atoms with Crippen LogP contribution in [0.3, 0.4) is 0 Å². The zero-order chi connectivity index (χ0) is 32.0. The third-order valence-corrected chi connectivity index (χ3v) is 8.28. The summed E-state index contributed by atoms with van der Waals surface area (Å²) in [5.41, 5.74) is 2.96. The topological polar surface area (TPSA) is 128 Å². The number of carbonyl (C=O) groups excluding carboxylic acids is 3. The lowest BCUT2D eigenvalue weighted by Gasteiger charge is -2.39. The zero-order valence-electron chi connectivity index (χ0n) is 25.8. The molecule has 2 atom stereocenters.